The molecule has 0 atom stereocenters. The van der Waals surface area contributed by atoms with Crippen molar-refractivity contribution in [3.63, 3.8) is 0 Å². The Labute approximate surface area is 321 Å². The van der Waals surface area contributed by atoms with E-state index in [1.165, 1.54) is 12.1 Å². The van der Waals surface area contributed by atoms with Gasteiger partial charge in [-0.3, -0.25) is 0 Å². The number of rotatable bonds is 13. The molecule has 6 aromatic carbocycles. The molecule has 7 rings (SSSR count). The summed E-state index contributed by atoms with van der Waals surface area (Å²) >= 11 is 9.18. The maximum Gasteiger partial charge on any atom is 0.335 e. The number of carboxylic acids is 1. The maximum atomic E-state index is 13.7. The Kier molecular flexibility index (Phi) is 10.4. The smallest absolute Gasteiger partial charge is 0.335 e. The number of hydrogen-bond donors (Lipinski definition) is 2. The van der Waals surface area contributed by atoms with Crippen molar-refractivity contribution in [3.05, 3.63) is 179 Å². The highest BCUT2D eigenvalue weighted by molar-refractivity contribution is 14.1. The topological polar surface area (TPSA) is 97.6 Å². The van der Waals surface area contributed by atoms with Crippen LogP contribution < -0.4 is 9.46 Å². The largest absolute Gasteiger partial charge is 0.493 e. The van der Waals surface area contributed by atoms with Crippen LogP contribution >= 0.6 is 34.2 Å². The predicted octanol–water partition coefficient (Wildman–Crippen LogP) is 9.47. The fourth-order valence-corrected chi connectivity index (χ4v) is 9.21. The molecular formula is C42H34ClIN2O5S. The molecule has 0 unspecified atom stereocenters. The molecule has 1 aromatic heterocycles. The number of benzene rings is 6. The zero-order valence-electron chi connectivity index (χ0n) is 27.9. The van der Waals surface area contributed by atoms with Gasteiger partial charge in [0.25, 0.3) is 0 Å². The summed E-state index contributed by atoms with van der Waals surface area (Å²) in [5, 5.41) is 12.7. The molecule has 7 nitrogen and oxygen atoms in total. The molecule has 0 aliphatic heterocycles. The van der Waals surface area contributed by atoms with Gasteiger partial charge in [-0.1, -0.05) is 103 Å². The van der Waals surface area contributed by atoms with E-state index in [1.807, 2.05) is 84.9 Å². The van der Waals surface area contributed by atoms with E-state index in [1.54, 1.807) is 24.3 Å². The Balaban J connectivity index is 1.32. The minimum absolute atomic E-state index is 0.139. The van der Waals surface area contributed by atoms with Crippen LogP contribution in [0.15, 0.2) is 150 Å². The Bertz CT molecular complexity index is 2450. The van der Waals surface area contributed by atoms with Crippen LogP contribution in [0.1, 0.15) is 32.7 Å². The lowest BCUT2D eigenvalue weighted by Gasteiger charge is -2.34. The summed E-state index contributed by atoms with van der Waals surface area (Å²) in [6.07, 6.45) is 0.847. The molecule has 0 amide bonds. The first kappa shape index (κ1) is 35.7. The molecule has 262 valence electrons. The third-order valence-electron chi connectivity index (χ3n) is 9.17. The van der Waals surface area contributed by atoms with Crippen LogP contribution in [0.2, 0.25) is 5.02 Å². The molecule has 2 N–H and O–H groups in total. The molecular weight excluding hydrogens is 807 g/mol. The summed E-state index contributed by atoms with van der Waals surface area (Å²) in [6.45, 7) is 0.429. The summed E-state index contributed by atoms with van der Waals surface area (Å²) in [7, 11) is -3.84. The average molecular weight is 841 g/mol. The average Bonchev–Trinajstić information content (AvgIpc) is 3.47. The molecule has 0 spiro atoms. The van der Waals surface area contributed by atoms with E-state index < -0.39 is 19.5 Å². The standard InChI is InChI=1S/C42H34ClIN2O5S/c43-34-18-22-39-38(28-34)37(24-26-51-35-19-15-30(16-20-35)41(47)48)40(23-25-45-52(49,50)36-21-17-29-9-7-8-10-31(29)27-36)46(39)42(44,32-11-3-1-4-12-32)33-13-5-2-6-14-33/h1-22,27-28,45H,23-26H2,(H,47,48). The summed E-state index contributed by atoms with van der Waals surface area (Å²) in [4.78, 5) is 11.6. The monoisotopic (exact) mass is 840 g/mol. The van der Waals surface area contributed by atoms with Crippen LogP contribution in [0.25, 0.3) is 21.7 Å². The van der Waals surface area contributed by atoms with E-state index in [0.29, 0.717) is 30.2 Å². The minimum Gasteiger partial charge on any atom is -0.493 e. The van der Waals surface area contributed by atoms with Crippen LogP contribution in [0.3, 0.4) is 0 Å². The van der Waals surface area contributed by atoms with Gasteiger partial charge < -0.3 is 14.4 Å². The fraction of sp³-hybridized carbons (Fsp3) is 0.119. The van der Waals surface area contributed by atoms with Gasteiger partial charge in [0.15, 0.2) is 0 Å². The first-order valence-electron chi connectivity index (χ1n) is 16.7. The van der Waals surface area contributed by atoms with E-state index in [9.17, 15) is 18.3 Å². The minimum atomic E-state index is -3.84. The van der Waals surface area contributed by atoms with Gasteiger partial charge in [0.05, 0.1) is 22.6 Å². The summed E-state index contributed by atoms with van der Waals surface area (Å²) in [5.74, 6) is -0.454. The number of ether oxygens (including phenoxy) is 1. The normalized spacial score (nSPS) is 12.0. The lowest BCUT2D eigenvalue weighted by molar-refractivity contribution is 0.0697. The first-order valence-corrected chi connectivity index (χ1v) is 19.7. The Morgan fingerprint density at radius 1 is 0.769 bits per heavy atom. The van der Waals surface area contributed by atoms with Crippen molar-refractivity contribution in [2.24, 2.45) is 0 Å². The van der Waals surface area contributed by atoms with E-state index >= 15 is 0 Å². The Morgan fingerprint density at radius 3 is 2.06 bits per heavy atom. The molecule has 10 heteroatoms. The van der Waals surface area contributed by atoms with Crippen LogP contribution in [0, 0.1) is 0 Å². The van der Waals surface area contributed by atoms with Crippen molar-refractivity contribution < 1.29 is 23.1 Å². The quantitative estimate of drug-likeness (QED) is 0.0891. The number of carboxylic acid groups (broad SMARTS) is 1. The van der Waals surface area contributed by atoms with E-state index in [4.69, 9.17) is 16.3 Å². The zero-order valence-corrected chi connectivity index (χ0v) is 31.6. The van der Waals surface area contributed by atoms with Crippen molar-refractivity contribution in [1.29, 1.82) is 0 Å². The molecule has 0 bridgehead atoms. The number of aromatic nitrogens is 1. The molecule has 1 heterocycles. The maximum absolute atomic E-state index is 13.7. The third-order valence-corrected chi connectivity index (χ3v) is 12.6. The summed E-state index contributed by atoms with van der Waals surface area (Å²) in [6, 6.07) is 45.5. The van der Waals surface area contributed by atoms with Gasteiger partial charge in [0, 0.05) is 35.5 Å². The highest BCUT2D eigenvalue weighted by atomic mass is 127. The predicted molar refractivity (Wildman–Crippen MR) is 215 cm³/mol. The van der Waals surface area contributed by atoms with Crippen LogP contribution in [-0.4, -0.2) is 37.2 Å². The number of fused-ring (bicyclic) bond motifs is 2. The number of aromatic carboxylic acids is 1. The number of nitrogens with zero attached hydrogens (tertiary/aromatic N) is 1. The lowest BCUT2D eigenvalue weighted by Crippen LogP contribution is -2.33. The second-order valence-corrected chi connectivity index (χ2v) is 16.1. The van der Waals surface area contributed by atoms with Crippen molar-refractivity contribution in [2.75, 3.05) is 13.2 Å². The van der Waals surface area contributed by atoms with Crippen molar-refractivity contribution in [3.8, 4) is 5.75 Å². The second-order valence-electron chi connectivity index (χ2n) is 12.4. The third kappa shape index (κ3) is 7.18. The van der Waals surface area contributed by atoms with Crippen molar-refractivity contribution in [2.45, 2.75) is 21.3 Å². The van der Waals surface area contributed by atoms with Gasteiger partial charge >= 0.3 is 5.97 Å². The number of carbonyl (C=O) groups is 1. The number of hydrogen-bond acceptors (Lipinski definition) is 4. The second kappa shape index (κ2) is 15.1. The molecule has 0 radical (unpaired) electrons. The van der Waals surface area contributed by atoms with Gasteiger partial charge in [0.1, 0.15) is 9.30 Å². The molecule has 0 saturated carbocycles. The lowest BCUT2D eigenvalue weighted by atomic mass is 9.97. The zero-order chi connectivity index (χ0) is 36.3. The number of nitrogens with one attached hydrogen (secondary N) is 1. The highest BCUT2D eigenvalue weighted by Crippen LogP contribution is 2.46. The van der Waals surface area contributed by atoms with E-state index in [2.05, 4.69) is 56.1 Å². The van der Waals surface area contributed by atoms with Crippen molar-refractivity contribution >= 4 is 71.9 Å². The van der Waals surface area contributed by atoms with Crippen LogP contribution in [0.4, 0.5) is 0 Å². The molecule has 0 aliphatic carbocycles. The van der Waals surface area contributed by atoms with Gasteiger partial charge in [-0.2, -0.15) is 0 Å². The highest BCUT2D eigenvalue weighted by Gasteiger charge is 2.37. The van der Waals surface area contributed by atoms with Crippen LogP contribution in [-0.2, 0) is 26.4 Å². The molecule has 0 saturated heterocycles. The molecule has 7 aromatic rings. The Hall–Kier alpha value is -4.68. The van der Waals surface area contributed by atoms with E-state index in [0.717, 1.165) is 44.1 Å². The number of halogens is 2. The molecule has 52 heavy (non-hydrogen) atoms. The fourth-order valence-electron chi connectivity index (χ4n) is 6.70. The summed E-state index contributed by atoms with van der Waals surface area (Å²) in [5.41, 5.74) is 5.14. The first-order chi connectivity index (χ1) is 25.1. The molecule has 0 fully saturated rings. The van der Waals surface area contributed by atoms with Gasteiger partial charge in [-0.15, -0.1) is 0 Å². The molecule has 0 aliphatic rings. The van der Waals surface area contributed by atoms with Crippen LogP contribution in [0.5, 0.6) is 5.75 Å². The van der Waals surface area contributed by atoms with Gasteiger partial charge in [-0.05, 0) is 105 Å². The number of sulfonamides is 1. The SMILES string of the molecule is O=C(O)c1ccc(OCCc2c(CCNS(=O)(=O)c3ccc4ccccc4c3)n(C(I)(c3ccccc3)c3ccccc3)c3ccc(Cl)cc23)cc1. The van der Waals surface area contributed by atoms with Gasteiger partial charge in [-0.25, -0.2) is 17.9 Å². The Morgan fingerprint density at radius 2 is 1.40 bits per heavy atom. The number of alkyl halides is 1. The summed E-state index contributed by atoms with van der Waals surface area (Å²) < 4.78 is 38.0. The van der Waals surface area contributed by atoms with Crippen molar-refractivity contribution in [1.82, 2.24) is 9.29 Å². The van der Waals surface area contributed by atoms with E-state index in [-0.39, 0.29) is 17.0 Å². The van der Waals surface area contributed by atoms with Gasteiger partial charge in [0.2, 0.25) is 10.0 Å².